The van der Waals surface area contributed by atoms with E-state index in [1.807, 2.05) is 6.92 Å². The number of nitrogens with two attached hydrogens (primary N) is 1. The number of thiazole rings is 1. The summed E-state index contributed by atoms with van der Waals surface area (Å²) in [6, 6.07) is 0.504. The molecule has 0 spiro atoms. The van der Waals surface area contributed by atoms with Crippen molar-refractivity contribution in [3.8, 4) is 0 Å². The van der Waals surface area contributed by atoms with Crippen LogP contribution in [0, 0.1) is 13.8 Å². The van der Waals surface area contributed by atoms with Crippen molar-refractivity contribution >= 4 is 17.3 Å². The van der Waals surface area contributed by atoms with E-state index in [0.717, 1.165) is 10.7 Å². The van der Waals surface area contributed by atoms with E-state index in [2.05, 4.69) is 22.2 Å². The molecule has 19 heavy (non-hydrogen) atoms. The number of hydrogen-bond donors (Lipinski definition) is 2. The Labute approximate surface area is 119 Å². The molecule has 1 aliphatic rings. The van der Waals surface area contributed by atoms with E-state index in [-0.39, 0.29) is 0 Å². The van der Waals surface area contributed by atoms with Crippen molar-refractivity contribution in [3.63, 3.8) is 0 Å². The summed E-state index contributed by atoms with van der Waals surface area (Å²) in [6.45, 7) is 4.70. The Morgan fingerprint density at radius 3 is 2.58 bits per heavy atom. The van der Waals surface area contributed by atoms with Gasteiger partial charge in [-0.3, -0.25) is 0 Å². The Morgan fingerprint density at radius 1 is 1.32 bits per heavy atom. The summed E-state index contributed by atoms with van der Waals surface area (Å²) in [5, 5.41) is 4.45. The molecule has 1 heterocycles. The van der Waals surface area contributed by atoms with Crippen LogP contribution in [0.1, 0.15) is 54.1 Å². The highest BCUT2D eigenvalue weighted by Gasteiger charge is 2.12. The number of guanidine groups is 1. The standard InChI is InChI=1S/C14H24N4S/c1-10-13(17-11(2)19-10)9-16-14(15)18-12-7-5-3-4-6-8-12/h12H,3-9H2,1-2H3,(H3,15,16,18). The molecule has 1 aromatic heterocycles. The molecule has 1 aromatic rings. The van der Waals surface area contributed by atoms with E-state index in [9.17, 15) is 0 Å². The highest BCUT2D eigenvalue weighted by atomic mass is 32.1. The van der Waals surface area contributed by atoms with Crippen molar-refractivity contribution in [2.45, 2.75) is 65.0 Å². The predicted molar refractivity (Wildman–Crippen MR) is 81.5 cm³/mol. The third-order valence-electron chi connectivity index (χ3n) is 3.61. The van der Waals surface area contributed by atoms with E-state index >= 15 is 0 Å². The highest BCUT2D eigenvalue weighted by molar-refractivity contribution is 7.11. The van der Waals surface area contributed by atoms with Gasteiger partial charge in [-0.15, -0.1) is 11.3 Å². The number of nitrogens with one attached hydrogen (secondary N) is 1. The lowest BCUT2D eigenvalue weighted by atomic mass is 10.1. The molecule has 0 saturated heterocycles. The Balaban J connectivity index is 1.86. The van der Waals surface area contributed by atoms with Gasteiger partial charge in [-0.2, -0.15) is 0 Å². The molecule has 1 aliphatic carbocycles. The van der Waals surface area contributed by atoms with Gasteiger partial charge in [0.25, 0.3) is 0 Å². The molecular formula is C14H24N4S. The van der Waals surface area contributed by atoms with Gasteiger partial charge in [0.2, 0.25) is 0 Å². The minimum Gasteiger partial charge on any atom is -0.370 e. The van der Waals surface area contributed by atoms with Crippen LogP contribution >= 0.6 is 11.3 Å². The van der Waals surface area contributed by atoms with Gasteiger partial charge in [0.05, 0.1) is 17.2 Å². The van der Waals surface area contributed by atoms with Crippen LogP contribution in [-0.4, -0.2) is 17.0 Å². The molecule has 0 aliphatic heterocycles. The Kier molecular flexibility index (Phi) is 5.19. The molecular weight excluding hydrogens is 256 g/mol. The minimum absolute atomic E-state index is 0.504. The molecule has 106 valence electrons. The summed E-state index contributed by atoms with van der Waals surface area (Å²) < 4.78 is 0. The van der Waals surface area contributed by atoms with Crippen LogP contribution in [0.4, 0.5) is 0 Å². The predicted octanol–water partition coefficient (Wildman–Crippen LogP) is 2.89. The zero-order chi connectivity index (χ0) is 13.7. The summed E-state index contributed by atoms with van der Waals surface area (Å²) in [5.41, 5.74) is 7.02. The van der Waals surface area contributed by atoms with Crippen LogP contribution in [0.15, 0.2) is 4.99 Å². The molecule has 3 N–H and O–H groups in total. The molecule has 0 amide bonds. The van der Waals surface area contributed by atoms with Gasteiger partial charge < -0.3 is 11.1 Å². The zero-order valence-electron chi connectivity index (χ0n) is 11.9. The molecule has 0 atom stereocenters. The van der Waals surface area contributed by atoms with Crippen LogP contribution in [-0.2, 0) is 6.54 Å². The topological polar surface area (TPSA) is 63.3 Å². The van der Waals surface area contributed by atoms with Crippen LogP contribution in [0.2, 0.25) is 0 Å². The third-order valence-corrected chi connectivity index (χ3v) is 4.53. The van der Waals surface area contributed by atoms with Crippen molar-refractivity contribution < 1.29 is 0 Å². The van der Waals surface area contributed by atoms with E-state index in [1.165, 1.54) is 43.4 Å². The largest absolute Gasteiger partial charge is 0.370 e. The first-order chi connectivity index (χ1) is 9.15. The molecule has 1 fully saturated rings. The Bertz CT molecular complexity index is 431. The van der Waals surface area contributed by atoms with Gasteiger partial charge in [-0.05, 0) is 26.7 Å². The van der Waals surface area contributed by atoms with Gasteiger partial charge >= 0.3 is 0 Å². The molecule has 0 radical (unpaired) electrons. The van der Waals surface area contributed by atoms with Crippen molar-refractivity contribution in [2.75, 3.05) is 0 Å². The highest BCUT2D eigenvalue weighted by Crippen LogP contribution is 2.18. The number of aliphatic imine (C=N–C) groups is 1. The molecule has 0 unspecified atom stereocenters. The average molecular weight is 280 g/mol. The Hall–Kier alpha value is -1.10. The molecule has 0 aromatic carbocycles. The van der Waals surface area contributed by atoms with Gasteiger partial charge in [0.1, 0.15) is 0 Å². The number of nitrogens with zero attached hydrogens (tertiary/aromatic N) is 2. The number of aryl methyl sites for hydroxylation is 2. The number of rotatable bonds is 3. The van der Waals surface area contributed by atoms with E-state index in [4.69, 9.17) is 5.73 Å². The van der Waals surface area contributed by atoms with E-state index < -0.39 is 0 Å². The van der Waals surface area contributed by atoms with Crippen molar-refractivity contribution in [3.05, 3.63) is 15.6 Å². The van der Waals surface area contributed by atoms with Gasteiger partial charge in [-0.25, -0.2) is 9.98 Å². The maximum absolute atomic E-state index is 5.97. The van der Waals surface area contributed by atoms with Gasteiger partial charge in [0, 0.05) is 10.9 Å². The van der Waals surface area contributed by atoms with E-state index in [1.54, 1.807) is 11.3 Å². The smallest absolute Gasteiger partial charge is 0.189 e. The second kappa shape index (κ2) is 6.89. The average Bonchev–Trinajstić information content (AvgIpc) is 2.56. The van der Waals surface area contributed by atoms with E-state index in [0.29, 0.717) is 18.5 Å². The van der Waals surface area contributed by atoms with Crippen LogP contribution in [0.5, 0.6) is 0 Å². The fourth-order valence-corrected chi connectivity index (χ4v) is 3.38. The lowest BCUT2D eigenvalue weighted by Gasteiger charge is -2.16. The fraction of sp³-hybridized carbons (Fsp3) is 0.714. The van der Waals surface area contributed by atoms with Crippen molar-refractivity contribution in [1.29, 1.82) is 0 Å². The Morgan fingerprint density at radius 2 is 2.00 bits per heavy atom. The quantitative estimate of drug-likeness (QED) is 0.508. The van der Waals surface area contributed by atoms with Crippen LogP contribution in [0.25, 0.3) is 0 Å². The summed E-state index contributed by atoms with van der Waals surface area (Å²) in [4.78, 5) is 10.1. The summed E-state index contributed by atoms with van der Waals surface area (Å²) in [6.07, 6.45) is 7.74. The summed E-state index contributed by atoms with van der Waals surface area (Å²) in [5.74, 6) is 0.567. The molecule has 5 heteroatoms. The van der Waals surface area contributed by atoms with Crippen LogP contribution < -0.4 is 11.1 Å². The number of hydrogen-bond acceptors (Lipinski definition) is 3. The molecule has 4 nitrogen and oxygen atoms in total. The normalized spacial score (nSPS) is 18.3. The molecule has 1 saturated carbocycles. The number of aromatic nitrogens is 1. The first kappa shape index (κ1) is 14.3. The van der Waals surface area contributed by atoms with Crippen LogP contribution in [0.3, 0.4) is 0 Å². The summed E-state index contributed by atoms with van der Waals surface area (Å²) >= 11 is 1.72. The first-order valence-electron chi connectivity index (χ1n) is 7.14. The monoisotopic (exact) mass is 280 g/mol. The fourth-order valence-electron chi connectivity index (χ4n) is 2.56. The maximum atomic E-state index is 5.97. The SMILES string of the molecule is Cc1nc(CN=C(N)NC2CCCCCC2)c(C)s1. The second-order valence-corrected chi connectivity index (χ2v) is 6.68. The summed E-state index contributed by atoms with van der Waals surface area (Å²) in [7, 11) is 0. The first-order valence-corrected chi connectivity index (χ1v) is 7.96. The molecule has 2 rings (SSSR count). The van der Waals surface area contributed by atoms with Crippen molar-refractivity contribution in [2.24, 2.45) is 10.7 Å². The minimum atomic E-state index is 0.504. The van der Waals surface area contributed by atoms with Gasteiger partial charge in [-0.1, -0.05) is 25.7 Å². The second-order valence-electron chi connectivity index (χ2n) is 5.27. The lowest BCUT2D eigenvalue weighted by Crippen LogP contribution is -2.39. The lowest BCUT2D eigenvalue weighted by molar-refractivity contribution is 0.530. The van der Waals surface area contributed by atoms with Crippen molar-refractivity contribution in [1.82, 2.24) is 10.3 Å². The van der Waals surface area contributed by atoms with Gasteiger partial charge in [0.15, 0.2) is 5.96 Å². The zero-order valence-corrected chi connectivity index (χ0v) is 12.7. The third kappa shape index (κ3) is 4.49. The molecule has 0 bridgehead atoms. The maximum Gasteiger partial charge on any atom is 0.189 e.